The molecule has 2 bridgehead atoms. The van der Waals surface area contributed by atoms with Gasteiger partial charge in [0.05, 0.1) is 6.42 Å². The van der Waals surface area contributed by atoms with Crippen LogP contribution in [0.5, 0.6) is 11.5 Å². The van der Waals surface area contributed by atoms with Crippen molar-refractivity contribution in [3.63, 3.8) is 0 Å². The predicted octanol–water partition coefficient (Wildman–Crippen LogP) is 1.78. The summed E-state index contributed by atoms with van der Waals surface area (Å²) in [4.78, 5) is 12.2. The van der Waals surface area contributed by atoms with Crippen LogP contribution in [0.1, 0.15) is 31.2 Å². The number of nitrogens with one attached hydrogen (secondary N) is 2. The molecule has 1 aromatic carbocycles. The van der Waals surface area contributed by atoms with E-state index in [0.29, 0.717) is 24.5 Å². The number of hydrogen-bond donors (Lipinski definition) is 2. The summed E-state index contributed by atoms with van der Waals surface area (Å²) >= 11 is 0. The summed E-state index contributed by atoms with van der Waals surface area (Å²) in [5.74, 6) is 1.59. The normalized spacial score (nSPS) is 28.1. The molecule has 22 heavy (non-hydrogen) atoms. The zero-order valence-corrected chi connectivity index (χ0v) is 13.2. The van der Waals surface area contributed by atoms with Crippen LogP contribution in [0, 0.1) is 0 Å². The van der Waals surface area contributed by atoms with Gasteiger partial charge < -0.3 is 20.1 Å². The summed E-state index contributed by atoms with van der Waals surface area (Å²) < 4.78 is 10.6. The van der Waals surface area contributed by atoms with Crippen LogP contribution in [0.25, 0.3) is 0 Å². The van der Waals surface area contributed by atoms with Gasteiger partial charge in [-0.2, -0.15) is 0 Å². The first-order chi connectivity index (χ1) is 10.3. The maximum absolute atomic E-state index is 12.2. The lowest BCUT2D eigenvalue weighted by atomic mass is 9.99. The number of ether oxygens (including phenoxy) is 2. The van der Waals surface area contributed by atoms with Crippen LogP contribution in [0.2, 0.25) is 0 Å². The second-order valence-corrected chi connectivity index (χ2v) is 6.24. The molecule has 3 aliphatic heterocycles. The highest BCUT2D eigenvalue weighted by atomic mass is 35.5. The number of piperidine rings is 1. The van der Waals surface area contributed by atoms with E-state index in [9.17, 15) is 4.79 Å². The number of hydrogen-bond acceptors (Lipinski definition) is 4. The molecule has 3 aliphatic rings. The van der Waals surface area contributed by atoms with Crippen molar-refractivity contribution in [2.24, 2.45) is 0 Å². The minimum absolute atomic E-state index is 0. The van der Waals surface area contributed by atoms with Crippen molar-refractivity contribution in [3.8, 4) is 11.5 Å². The predicted molar refractivity (Wildman–Crippen MR) is 84.6 cm³/mol. The topological polar surface area (TPSA) is 59.6 Å². The van der Waals surface area contributed by atoms with Crippen molar-refractivity contribution >= 4 is 18.3 Å². The van der Waals surface area contributed by atoms with E-state index in [1.165, 1.54) is 12.8 Å². The summed E-state index contributed by atoms with van der Waals surface area (Å²) in [6, 6.07) is 7.22. The van der Waals surface area contributed by atoms with Gasteiger partial charge in [-0.3, -0.25) is 4.79 Å². The molecule has 1 amide bonds. The van der Waals surface area contributed by atoms with Crippen LogP contribution >= 0.6 is 12.4 Å². The largest absolute Gasteiger partial charge is 0.454 e. The number of fused-ring (bicyclic) bond motifs is 3. The smallest absolute Gasteiger partial charge is 0.231 e. The zero-order chi connectivity index (χ0) is 14.2. The van der Waals surface area contributed by atoms with Gasteiger partial charge in [-0.05, 0) is 43.4 Å². The van der Waals surface area contributed by atoms with Gasteiger partial charge in [0.1, 0.15) is 0 Å². The third-order valence-corrected chi connectivity index (χ3v) is 4.64. The van der Waals surface area contributed by atoms with E-state index in [1.807, 2.05) is 18.2 Å². The van der Waals surface area contributed by atoms with Gasteiger partial charge >= 0.3 is 0 Å². The fourth-order valence-electron chi connectivity index (χ4n) is 3.69. The Hall–Kier alpha value is -1.46. The van der Waals surface area contributed by atoms with Gasteiger partial charge in [-0.1, -0.05) is 6.07 Å². The lowest BCUT2D eigenvalue weighted by Crippen LogP contribution is -2.48. The van der Waals surface area contributed by atoms with Crippen molar-refractivity contribution in [2.45, 2.75) is 50.2 Å². The molecule has 2 saturated heterocycles. The first kappa shape index (κ1) is 15.4. The Morgan fingerprint density at radius 1 is 1.18 bits per heavy atom. The van der Waals surface area contributed by atoms with Crippen LogP contribution in [-0.2, 0) is 11.2 Å². The number of carbonyl (C=O) groups is 1. The average molecular weight is 325 g/mol. The van der Waals surface area contributed by atoms with E-state index in [1.54, 1.807) is 0 Å². The molecule has 0 aliphatic carbocycles. The summed E-state index contributed by atoms with van der Waals surface area (Å²) in [7, 11) is 0. The van der Waals surface area contributed by atoms with Crippen molar-refractivity contribution < 1.29 is 14.3 Å². The number of rotatable bonds is 3. The van der Waals surface area contributed by atoms with Gasteiger partial charge in [-0.25, -0.2) is 0 Å². The highest BCUT2D eigenvalue weighted by Gasteiger charge is 2.33. The first-order valence-corrected chi connectivity index (χ1v) is 7.70. The van der Waals surface area contributed by atoms with Crippen molar-refractivity contribution in [2.75, 3.05) is 6.79 Å². The highest BCUT2D eigenvalue weighted by Crippen LogP contribution is 2.32. The molecule has 0 spiro atoms. The number of carbonyl (C=O) groups excluding carboxylic acids is 1. The highest BCUT2D eigenvalue weighted by molar-refractivity contribution is 5.85. The lowest BCUT2D eigenvalue weighted by Gasteiger charge is -2.29. The Morgan fingerprint density at radius 2 is 1.91 bits per heavy atom. The summed E-state index contributed by atoms with van der Waals surface area (Å²) in [5, 5.41) is 6.77. The van der Waals surface area contributed by atoms with Crippen molar-refractivity contribution in [1.29, 1.82) is 0 Å². The Labute approximate surface area is 136 Å². The maximum atomic E-state index is 12.2. The Morgan fingerprint density at radius 3 is 2.68 bits per heavy atom. The van der Waals surface area contributed by atoms with E-state index in [4.69, 9.17) is 9.47 Å². The van der Waals surface area contributed by atoms with Crippen molar-refractivity contribution in [1.82, 2.24) is 10.6 Å². The molecule has 2 atom stereocenters. The number of amides is 1. The quantitative estimate of drug-likeness (QED) is 0.890. The second-order valence-electron chi connectivity index (χ2n) is 6.24. The lowest BCUT2D eigenvalue weighted by molar-refractivity contribution is -0.121. The fourth-order valence-corrected chi connectivity index (χ4v) is 3.69. The van der Waals surface area contributed by atoms with E-state index in [2.05, 4.69) is 10.6 Å². The molecular formula is C16H21ClN2O3. The van der Waals surface area contributed by atoms with Gasteiger partial charge in [-0.15, -0.1) is 12.4 Å². The monoisotopic (exact) mass is 324 g/mol. The average Bonchev–Trinajstić information content (AvgIpc) is 3.04. The minimum atomic E-state index is 0. The van der Waals surface area contributed by atoms with E-state index < -0.39 is 0 Å². The molecule has 3 heterocycles. The zero-order valence-electron chi connectivity index (χ0n) is 12.3. The number of halogens is 1. The molecule has 2 N–H and O–H groups in total. The third kappa shape index (κ3) is 3.15. The first-order valence-electron chi connectivity index (χ1n) is 7.70. The molecule has 2 unspecified atom stereocenters. The van der Waals surface area contributed by atoms with Crippen LogP contribution in [0.15, 0.2) is 18.2 Å². The number of benzene rings is 1. The van der Waals surface area contributed by atoms with Gasteiger partial charge in [0, 0.05) is 18.1 Å². The van der Waals surface area contributed by atoms with E-state index in [0.717, 1.165) is 29.9 Å². The molecule has 4 rings (SSSR count). The Balaban J connectivity index is 0.00000144. The molecular weight excluding hydrogens is 304 g/mol. The SMILES string of the molecule is Cl.O=C(Cc1ccc2c(c1)OCO2)NC1CC2CCC(C1)N2. The molecule has 0 saturated carbocycles. The summed E-state index contributed by atoms with van der Waals surface area (Å²) in [5.41, 5.74) is 0.966. The van der Waals surface area contributed by atoms with Gasteiger partial charge in [0.25, 0.3) is 0 Å². The summed E-state index contributed by atoms with van der Waals surface area (Å²) in [6.45, 7) is 0.267. The van der Waals surface area contributed by atoms with Crippen LogP contribution in [-0.4, -0.2) is 30.8 Å². The van der Waals surface area contributed by atoms with E-state index in [-0.39, 0.29) is 25.1 Å². The third-order valence-electron chi connectivity index (χ3n) is 4.64. The Bertz CT molecular complexity index is 554. The van der Waals surface area contributed by atoms with Crippen LogP contribution in [0.4, 0.5) is 0 Å². The summed E-state index contributed by atoms with van der Waals surface area (Å²) in [6.07, 6.45) is 5.01. The fraction of sp³-hybridized carbons (Fsp3) is 0.562. The molecule has 5 nitrogen and oxygen atoms in total. The molecule has 1 aromatic rings. The van der Waals surface area contributed by atoms with Crippen molar-refractivity contribution in [3.05, 3.63) is 23.8 Å². The maximum Gasteiger partial charge on any atom is 0.231 e. The standard InChI is InChI=1S/C16H20N2O3.ClH/c19-16(18-13-7-11-2-3-12(8-13)17-11)6-10-1-4-14-15(5-10)21-9-20-14;/h1,4-5,11-13,17H,2-3,6-9H2,(H,18,19);1H. The molecule has 2 fully saturated rings. The van der Waals surface area contributed by atoms with Gasteiger partial charge in [0.2, 0.25) is 12.7 Å². The molecule has 0 aromatic heterocycles. The minimum Gasteiger partial charge on any atom is -0.454 e. The van der Waals surface area contributed by atoms with Crippen LogP contribution < -0.4 is 20.1 Å². The van der Waals surface area contributed by atoms with E-state index >= 15 is 0 Å². The Kier molecular flexibility index (Phi) is 4.45. The van der Waals surface area contributed by atoms with Gasteiger partial charge in [0.15, 0.2) is 11.5 Å². The van der Waals surface area contributed by atoms with Crippen LogP contribution in [0.3, 0.4) is 0 Å². The molecule has 0 radical (unpaired) electrons. The molecule has 120 valence electrons. The molecule has 6 heteroatoms. The second kappa shape index (κ2) is 6.34.